The van der Waals surface area contributed by atoms with Crippen LogP contribution in [-0.2, 0) is 18.7 Å². The Hall–Kier alpha value is -1.80. The standard InChI is InChI=1S/C33H41NO4SeSi/c1-32(2,3)40(26-17-11-7-12-18-26,27-19-13-8-14-20-27)35-22-24-21-28-30-31(37-33(4,5)36-30)29(34(28)38-24)23-39-25-15-9-6-10-16-25/h6-20,24,28-31H,21-23H2,1-5H3/t24-,28-,29-,30-,31+/m0/s1. The molecule has 0 saturated carbocycles. The number of nitrogens with zero attached hydrogens (tertiary/aromatic N) is 1. The van der Waals surface area contributed by atoms with E-state index in [-0.39, 0.29) is 35.4 Å². The number of hydrogen-bond donors (Lipinski definition) is 0. The van der Waals surface area contributed by atoms with Gasteiger partial charge in [-0.3, -0.25) is 0 Å². The second-order valence-corrected chi connectivity index (χ2v) is 19.2. The van der Waals surface area contributed by atoms with Gasteiger partial charge in [0.15, 0.2) is 0 Å². The minimum absolute atomic E-state index is 0.0180. The first-order chi connectivity index (χ1) is 19.2. The molecule has 40 heavy (non-hydrogen) atoms. The van der Waals surface area contributed by atoms with Crippen LogP contribution in [0, 0.1) is 0 Å². The van der Waals surface area contributed by atoms with Gasteiger partial charge in [0, 0.05) is 0 Å². The minimum atomic E-state index is -2.63. The van der Waals surface area contributed by atoms with Crippen LogP contribution < -0.4 is 14.8 Å². The van der Waals surface area contributed by atoms with Gasteiger partial charge >= 0.3 is 247 Å². The van der Waals surface area contributed by atoms with Gasteiger partial charge in [0.2, 0.25) is 0 Å². The molecule has 3 heterocycles. The Morgan fingerprint density at radius 2 is 1.40 bits per heavy atom. The summed E-state index contributed by atoms with van der Waals surface area (Å²) in [6.07, 6.45) is 0.911. The number of benzene rings is 3. The van der Waals surface area contributed by atoms with Crippen molar-refractivity contribution in [2.75, 3.05) is 6.61 Å². The second kappa shape index (κ2) is 11.1. The average molecular weight is 623 g/mol. The first kappa shape index (κ1) is 28.3. The van der Waals surface area contributed by atoms with Gasteiger partial charge in [0.1, 0.15) is 0 Å². The third kappa shape index (κ3) is 5.28. The normalized spacial score (nSPS) is 28.0. The molecule has 0 amide bonds. The van der Waals surface area contributed by atoms with Crippen LogP contribution in [0.2, 0.25) is 10.4 Å². The van der Waals surface area contributed by atoms with Crippen LogP contribution in [0.25, 0.3) is 0 Å². The van der Waals surface area contributed by atoms with Crippen LogP contribution in [0.4, 0.5) is 0 Å². The first-order valence-corrected chi connectivity index (χ1v) is 18.4. The van der Waals surface area contributed by atoms with Crippen molar-refractivity contribution >= 4 is 38.1 Å². The predicted octanol–water partition coefficient (Wildman–Crippen LogP) is 4.29. The van der Waals surface area contributed by atoms with Crippen molar-refractivity contribution in [1.29, 1.82) is 0 Å². The summed E-state index contributed by atoms with van der Waals surface area (Å²) in [6, 6.07) is 32.8. The molecule has 0 unspecified atom stereocenters. The second-order valence-electron chi connectivity index (χ2n) is 12.6. The van der Waals surface area contributed by atoms with Crippen molar-refractivity contribution in [3.63, 3.8) is 0 Å². The van der Waals surface area contributed by atoms with Gasteiger partial charge in [-0.2, -0.15) is 0 Å². The van der Waals surface area contributed by atoms with Crippen LogP contribution in [0.1, 0.15) is 41.0 Å². The Bertz CT molecular complexity index is 1230. The van der Waals surface area contributed by atoms with Crippen LogP contribution in [0.5, 0.6) is 0 Å². The molecule has 3 aromatic carbocycles. The van der Waals surface area contributed by atoms with E-state index in [2.05, 4.69) is 117 Å². The van der Waals surface area contributed by atoms with E-state index in [0.29, 0.717) is 21.6 Å². The maximum absolute atomic E-state index is 7.25. The summed E-state index contributed by atoms with van der Waals surface area (Å²) in [5.41, 5.74) is 0. The van der Waals surface area contributed by atoms with Gasteiger partial charge in [-0.1, -0.05) is 0 Å². The summed E-state index contributed by atoms with van der Waals surface area (Å²) >= 11 is 0.328. The van der Waals surface area contributed by atoms with Crippen molar-refractivity contribution in [1.82, 2.24) is 5.06 Å². The quantitative estimate of drug-likeness (QED) is 0.351. The van der Waals surface area contributed by atoms with Crippen LogP contribution in [0.3, 0.4) is 0 Å². The molecule has 0 N–H and O–H groups in total. The molecule has 3 fully saturated rings. The van der Waals surface area contributed by atoms with E-state index in [1.165, 1.54) is 14.8 Å². The van der Waals surface area contributed by atoms with Gasteiger partial charge in [-0.25, -0.2) is 0 Å². The summed E-state index contributed by atoms with van der Waals surface area (Å²) in [4.78, 5) is 6.75. The number of ether oxygens (including phenoxy) is 2. The molecule has 5 nitrogen and oxygen atoms in total. The van der Waals surface area contributed by atoms with E-state index in [4.69, 9.17) is 18.7 Å². The number of hydroxylamine groups is 2. The number of rotatable bonds is 8. The molecule has 3 aromatic rings. The third-order valence-electron chi connectivity index (χ3n) is 8.42. The average Bonchev–Trinajstić information content (AvgIpc) is 3.57. The summed E-state index contributed by atoms with van der Waals surface area (Å²) in [5, 5.41) is 5.78. The van der Waals surface area contributed by atoms with Crippen molar-refractivity contribution in [3.05, 3.63) is 91.0 Å². The first-order valence-electron chi connectivity index (χ1n) is 14.4. The Kier molecular flexibility index (Phi) is 7.87. The summed E-state index contributed by atoms with van der Waals surface area (Å²) < 4.78 is 21.6. The molecule has 0 bridgehead atoms. The predicted molar refractivity (Wildman–Crippen MR) is 163 cm³/mol. The fourth-order valence-electron chi connectivity index (χ4n) is 6.77. The van der Waals surface area contributed by atoms with E-state index in [9.17, 15) is 0 Å². The molecule has 212 valence electrons. The number of fused-ring (bicyclic) bond motifs is 3. The molecule has 0 radical (unpaired) electrons. The molecular weight excluding hydrogens is 581 g/mol. The molecule has 7 heteroatoms. The van der Waals surface area contributed by atoms with Crippen molar-refractivity contribution in [2.24, 2.45) is 0 Å². The van der Waals surface area contributed by atoms with Gasteiger partial charge < -0.3 is 0 Å². The van der Waals surface area contributed by atoms with Gasteiger partial charge in [-0.05, 0) is 0 Å². The molecule has 6 rings (SSSR count). The Balaban J connectivity index is 1.24. The monoisotopic (exact) mass is 623 g/mol. The fraction of sp³-hybridized carbons (Fsp3) is 0.455. The summed E-state index contributed by atoms with van der Waals surface area (Å²) in [6.45, 7) is 11.6. The van der Waals surface area contributed by atoms with Gasteiger partial charge in [-0.15, -0.1) is 0 Å². The van der Waals surface area contributed by atoms with Gasteiger partial charge in [0.05, 0.1) is 0 Å². The zero-order chi connectivity index (χ0) is 28.0. The van der Waals surface area contributed by atoms with E-state index in [1.54, 1.807) is 0 Å². The Labute approximate surface area is 246 Å². The van der Waals surface area contributed by atoms with Crippen molar-refractivity contribution in [3.8, 4) is 0 Å². The van der Waals surface area contributed by atoms with Crippen LogP contribution in [0.15, 0.2) is 91.0 Å². The molecular formula is C33H41NO4SeSi. The SMILES string of the molecule is CC1(C)O[C@@H]2[C@H](O1)[C@H](C[Se]c1ccccc1)N1O[C@H](CO[Si](c3ccccc3)(c3ccccc3)C(C)(C)C)C[C@@H]21. The fourth-order valence-corrected chi connectivity index (χ4v) is 13.6. The van der Waals surface area contributed by atoms with Crippen molar-refractivity contribution in [2.45, 2.75) is 87.6 Å². The topological polar surface area (TPSA) is 40.2 Å². The zero-order valence-corrected chi connectivity index (χ0v) is 26.9. The zero-order valence-electron chi connectivity index (χ0n) is 24.2. The number of hydrogen-bond acceptors (Lipinski definition) is 5. The summed E-state index contributed by atoms with van der Waals surface area (Å²) in [7, 11) is -2.63. The van der Waals surface area contributed by atoms with Crippen LogP contribution >= 0.6 is 0 Å². The molecule has 0 aromatic heterocycles. The van der Waals surface area contributed by atoms with Crippen molar-refractivity contribution < 1.29 is 18.7 Å². The molecule has 5 atom stereocenters. The molecule has 0 aliphatic carbocycles. The summed E-state index contributed by atoms with van der Waals surface area (Å²) in [5.74, 6) is -0.567. The molecule has 0 spiro atoms. The molecule has 3 aliphatic rings. The van der Waals surface area contributed by atoms with Crippen LogP contribution in [-0.4, -0.2) is 71.1 Å². The molecule has 3 aliphatic heterocycles. The van der Waals surface area contributed by atoms with E-state index >= 15 is 0 Å². The molecule has 3 saturated heterocycles. The van der Waals surface area contributed by atoms with E-state index < -0.39 is 14.1 Å². The maximum atomic E-state index is 7.25. The Morgan fingerprint density at radius 1 is 0.850 bits per heavy atom. The van der Waals surface area contributed by atoms with Gasteiger partial charge in [0.25, 0.3) is 0 Å². The third-order valence-corrected chi connectivity index (χ3v) is 15.8. The van der Waals surface area contributed by atoms with E-state index in [1.807, 2.05) is 13.8 Å². The van der Waals surface area contributed by atoms with E-state index in [0.717, 1.165) is 11.7 Å². The Morgan fingerprint density at radius 3 is 1.98 bits per heavy atom.